The van der Waals surface area contributed by atoms with Crippen LogP contribution in [0.15, 0.2) is 85.2 Å². The number of carbonyl (C=O) groups is 6. The van der Waals surface area contributed by atoms with Crippen molar-refractivity contribution in [1.82, 2.24) is 40.8 Å². The Hall–Kier alpha value is -8.03. The molecule has 1 atom stereocenters. The summed E-state index contributed by atoms with van der Waals surface area (Å²) in [6, 6.07) is 16.1. The van der Waals surface area contributed by atoms with Crippen LogP contribution in [0.1, 0.15) is 96.8 Å². The highest BCUT2D eigenvalue weighted by atomic mass is 19.4. The van der Waals surface area contributed by atoms with Crippen molar-refractivity contribution < 1.29 is 51.1 Å². The van der Waals surface area contributed by atoms with Crippen LogP contribution < -0.4 is 26.0 Å². The molecule has 1 aliphatic carbocycles. The molecule has 20 heteroatoms. The molecule has 0 bridgehead atoms. The fraction of sp³-hybridized carbons (Fsp3) is 0.271. The molecule has 9 rings (SSSR count). The van der Waals surface area contributed by atoms with Crippen molar-refractivity contribution in [2.45, 2.75) is 76.9 Å². The average Bonchev–Trinajstić information content (AvgIpc) is 3.95. The van der Waals surface area contributed by atoms with Crippen LogP contribution in [0.3, 0.4) is 0 Å². The lowest BCUT2D eigenvalue weighted by atomic mass is 9.94. The van der Waals surface area contributed by atoms with E-state index >= 15 is 4.39 Å². The van der Waals surface area contributed by atoms with Crippen LogP contribution in [0.5, 0.6) is 5.75 Å². The van der Waals surface area contributed by atoms with E-state index in [4.69, 9.17) is 4.74 Å². The molecular weight excluding hydrogens is 891 g/mol. The standard InChI is InChI=1S/C48H41F4N9O7/c1-25-9-13-31-40(47(67)61(46(31)66)38-15-16-39(62)57-45(38)65)42(25)68-24-29-23-60(59-58-29)18-6-5-17-53-43(63)30-14-10-26(19-36(30)49)32-20-33-37(21-35(32)48(50,51)52)54-22-34(44(64)56-28-11-12-28)41(33)55-27-7-3-2-4-8-27/h2-4,7-10,13-14,19-23,28,38H,5-6,11-12,15-18,24H2,1H3,(H,53,63)(H,54,55)(H,56,64)(H,57,62,65). The van der Waals surface area contributed by atoms with Gasteiger partial charge in [0.15, 0.2) is 0 Å². The molecule has 6 amide bonds. The van der Waals surface area contributed by atoms with Gasteiger partial charge in [-0.15, -0.1) is 5.10 Å². The normalized spacial score (nSPS) is 15.9. The Morgan fingerprint density at radius 2 is 1.69 bits per heavy atom. The summed E-state index contributed by atoms with van der Waals surface area (Å²) in [6.07, 6.45) is 0.552. The number of carbonyl (C=O) groups excluding carboxylic acids is 6. The van der Waals surface area contributed by atoms with Gasteiger partial charge in [0, 0.05) is 42.8 Å². The van der Waals surface area contributed by atoms with Crippen molar-refractivity contribution in [3.05, 3.63) is 130 Å². The summed E-state index contributed by atoms with van der Waals surface area (Å²) in [5.41, 5.74) is -0.0289. The number of alkyl halides is 3. The number of nitrogens with one attached hydrogen (secondary N) is 4. The SMILES string of the molecule is Cc1ccc2c(c1OCc1cn(CCCCNC(=O)c3ccc(-c4cc5c(Nc6ccccc6)c(C(=O)NC6CC6)cnc5cc4C(F)(F)F)cc3F)nn1)C(=O)N(C1CCC(=O)NC1=O)C2=O. The Labute approximate surface area is 384 Å². The van der Waals surface area contributed by atoms with Gasteiger partial charge in [-0.05, 0) is 98.2 Å². The number of halogens is 4. The number of unbranched alkanes of at least 4 members (excludes halogenated alkanes) is 1. The first-order chi connectivity index (χ1) is 32.6. The van der Waals surface area contributed by atoms with Crippen LogP contribution >= 0.6 is 0 Å². The lowest BCUT2D eigenvalue weighted by Crippen LogP contribution is -2.54. The van der Waals surface area contributed by atoms with E-state index in [-0.39, 0.29) is 87.8 Å². The molecule has 6 aromatic rings. The van der Waals surface area contributed by atoms with E-state index in [1.807, 2.05) is 0 Å². The van der Waals surface area contributed by atoms with Crippen LogP contribution in [-0.2, 0) is 28.9 Å². The summed E-state index contributed by atoms with van der Waals surface area (Å²) in [6.45, 7) is 2.10. The van der Waals surface area contributed by atoms with E-state index in [0.29, 0.717) is 36.3 Å². The Morgan fingerprint density at radius 3 is 2.43 bits per heavy atom. The van der Waals surface area contributed by atoms with E-state index in [2.05, 4.69) is 36.6 Å². The monoisotopic (exact) mass is 931 g/mol. The molecule has 4 heterocycles. The molecule has 2 aromatic heterocycles. The van der Waals surface area contributed by atoms with Gasteiger partial charge in [0.1, 0.15) is 29.9 Å². The van der Waals surface area contributed by atoms with Crippen LogP contribution in [0.2, 0.25) is 0 Å². The summed E-state index contributed by atoms with van der Waals surface area (Å²) in [7, 11) is 0. The number of rotatable bonds is 15. The van der Waals surface area contributed by atoms with Crippen molar-refractivity contribution in [3.8, 4) is 16.9 Å². The van der Waals surface area contributed by atoms with Crippen LogP contribution in [0.4, 0.5) is 28.9 Å². The number of piperidine rings is 1. The number of hydrogen-bond acceptors (Lipinski definition) is 11. The third-order valence-corrected chi connectivity index (χ3v) is 11.8. The Balaban J connectivity index is 0.829. The third-order valence-electron chi connectivity index (χ3n) is 11.8. The number of pyridine rings is 1. The zero-order valence-electron chi connectivity index (χ0n) is 36.2. The number of ether oxygens (including phenoxy) is 1. The maximum absolute atomic E-state index is 15.7. The average molecular weight is 932 g/mol. The van der Waals surface area contributed by atoms with Gasteiger partial charge in [-0.25, -0.2) is 4.39 Å². The largest absolute Gasteiger partial charge is 0.486 e. The molecule has 1 saturated carbocycles. The third kappa shape index (κ3) is 9.20. The summed E-state index contributed by atoms with van der Waals surface area (Å²) in [4.78, 5) is 82.4. The minimum Gasteiger partial charge on any atom is -0.486 e. The first-order valence-electron chi connectivity index (χ1n) is 21.8. The van der Waals surface area contributed by atoms with Gasteiger partial charge in [0.2, 0.25) is 11.8 Å². The second-order valence-electron chi connectivity index (χ2n) is 16.7. The number of para-hydroxylation sites is 1. The molecule has 0 radical (unpaired) electrons. The highest BCUT2D eigenvalue weighted by Crippen LogP contribution is 2.42. The zero-order chi connectivity index (χ0) is 47.9. The lowest BCUT2D eigenvalue weighted by molar-refractivity contribution is -0.137. The molecule has 1 unspecified atom stereocenters. The molecule has 4 N–H and O–H groups in total. The molecular formula is C48H41F4N9O7. The van der Waals surface area contributed by atoms with Crippen molar-refractivity contribution in [3.63, 3.8) is 0 Å². The number of imide groups is 2. The highest BCUT2D eigenvalue weighted by molar-refractivity contribution is 6.24. The maximum atomic E-state index is 15.7. The number of nitrogens with zero attached hydrogens (tertiary/aromatic N) is 5. The molecule has 0 spiro atoms. The van der Waals surface area contributed by atoms with Crippen molar-refractivity contribution in [2.24, 2.45) is 0 Å². The number of benzene rings is 4. The lowest BCUT2D eigenvalue weighted by Gasteiger charge is -2.27. The number of anilines is 2. The van der Waals surface area contributed by atoms with Gasteiger partial charge in [-0.3, -0.25) is 48.6 Å². The maximum Gasteiger partial charge on any atom is 0.417 e. The predicted octanol–water partition coefficient (Wildman–Crippen LogP) is 6.79. The van der Waals surface area contributed by atoms with Crippen molar-refractivity contribution >= 4 is 57.7 Å². The van der Waals surface area contributed by atoms with Gasteiger partial charge in [-0.2, -0.15) is 13.2 Å². The number of fused-ring (bicyclic) bond motifs is 2. The smallest absolute Gasteiger partial charge is 0.417 e. The van der Waals surface area contributed by atoms with Gasteiger partial charge in [0.25, 0.3) is 23.6 Å². The first kappa shape index (κ1) is 45.1. The van der Waals surface area contributed by atoms with Crippen LogP contribution in [0, 0.1) is 12.7 Å². The van der Waals surface area contributed by atoms with E-state index in [1.54, 1.807) is 54.2 Å². The quantitative estimate of drug-likeness (QED) is 0.0480. The molecule has 2 aliphatic heterocycles. The molecule has 3 aliphatic rings. The second-order valence-corrected chi connectivity index (χ2v) is 16.7. The van der Waals surface area contributed by atoms with Gasteiger partial charge >= 0.3 is 6.18 Å². The minimum atomic E-state index is -4.87. The van der Waals surface area contributed by atoms with Gasteiger partial charge < -0.3 is 20.7 Å². The number of hydrogen-bond donors (Lipinski definition) is 4. The second kappa shape index (κ2) is 18.3. The van der Waals surface area contributed by atoms with Crippen LogP contribution in [-0.4, -0.2) is 78.9 Å². The summed E-state index contributed by atoms with van der Waals surface area (Å²) in [5.74, 6) is -4.66. The predicted molar refractivity (Wildman–Crippen MR) is 236 cm³/mol. The van der Waals surface area contributed by atoms with E-state index in [1.165, 1.54) is 24.4 Å². The fourth-order valence-electron chi connectivity index (χ4n) is 8.22. The zero-order valence-corrected chi connectivity index (χ0v) is 36.2. The Kier molecular flexibility index (Phi) is 12.2. The summed E-state index contributed by atoms with van der Waals surface area (Å²) in [5, 5.41) is 19.3. The van der Waals surface area contributed by atoms with Gasteiger partial charge in [0.05, 0.1) is 45.2 Å². The van der Waals surface area contributed by atoms with E-state index < -0.39 is 59.0 Å². The Morgan fingerprint density at radius 1 is 0.897 bits per heavy atom. The van der Waals surface area contributed by atoms with Crippen molar-refractivity contribution in [1.29, 1.82) is 0 Å². The number of amides is 6. The van der Waals surface area contributed by atoms with Crippen LogP contribution in [0.25, 0.3) is 22.0 Å². The topological polar surface area (TPSA) is 207 Å². The summed E-state index contributed by atoms with van der Waals surface area (Å²) < 4.78 is 67.1. The highest BCUT2D eigenvalue weighted by Gasteiger charge is 2.46. The molecule has 1 saturated heterocycles. The molecule has 348 valence electrons. The van der Waals surface area contributed by atoms with E-state index in [0.717, 1.165) is 35.9 Å². The molecule has 4 aromatic carbocycles. The fourth-order valence-corrected chi connectivity index (χ4v) is 8.22. The Bertz CT molecular complexity index is 3050. The molecule has 16 nitrogen and oxygen atoms in total. The van der Waals surface area contributed by atoms with Crippen molar-refractivity contribution in [2.75, 3.05) is 11.9 Å². The number of aromatic nitrogens is 4. The number of aryl methyl sites for hydroxylation is 2. The molecule has 68 heavy (non-hydrogen) atoms. The van der Waals surface area contributed by atoms with E-state index in [9.17, 15) is 41.9 Å². The summed E-state index contributed by atoms with van der Waals surface area (Å²) >= 11 is 0. The first-order valence-corrected chi connectivity index (χ1v) is 21.8. The van der Waals surface area contributed by atoms with Gasteiger partial charge in [-0.1, -0.05) is 35.5 Å². The minimum absolute atomic E-state index is 0.00348. The molecule has 2 fully saturated rings.